The number of aromatic nitrogens is 2. The average molecular weight is 473 g/mol. The standard InChI is InChI=1S/C22H21ClN4O6/c1-22(33,21(31)32)12-27(26-19(28)17-10-18(20(29)30)25-24-17)11-13-5-7-14(8-6-13)15-3-2-4-16(23)9-15/h2-10,33H,11-12H2,1H3,(H,24,25)(H,26,28)(H,29,30)(H,31,32). The monoisotopic (exact) mass is 472 g/mol. The summed E-state index contributed by atoms with van der Waals surface area (Å²) in [4.78, 5) is 34.9. The van der Waals surface area contributed by atoms with Crippen LogP contribution in [0.4, 0.5) is 0 Å². The molecule has 5 N–H and O–H groups in total. The molecule has 0 spiro atoms. The largest absolute Gasteiger partial charge is 0.479 e. The summed E-state index contributed by atoms with van der Waals surface area (Å²) in [6.07, 6.45) is 0. The number of aromatic amines is 1. The van der Waals surface area contributed by atoms with Gasteiger partial charge in [0.1, 0.15) is 5.69 Å². The van der Waals surface area contributed by atoms with Gasteiger partial charge in [-0.3, -0.25) is 15.3 Å². The Hall–Kier alpha value is -3.73. The summed E-state index contributed by atoms with van der Waals surface area (Å²) in [5.41, 5.74) is 2.38. The van der Waals surface area contributed by atoms with Crippen molar-refractivity contribution in [1.29, 1.82) is 0 Å². The minimum atomic E-state index is -2.16. The van der Waals surface area contributed by atoms with Gasteiger partial charge in [0.15, 0.2) is 11.3 Å². The third kappa shape index (κ3) is 6.16. The Morgan fingerprint density at radius 3 is 2.36 bits per heavy atom. The Balaban J connectivity index is 1.79. The zero-order chi connectivity index (χ0) is 24.2. The van der Waals surface area contributed by atoms with E-state index in [0.717, 1.165) is 29.7 Å². The van der Waals surface area contributed by atoms with Crippen molar-refractivity contribution in [2.24, 2.45) is 0 Å². The fourth-order valence-electron chi connectivity index (χ4n) is 3.01. The van der Waals surface area contributed by atoms with Gasteiger partial charge >= 0.3 is 11.9 Å². The van der Waals surface area contributed by atoms with Crippen molar-refractivity contribution in [3.05, 3.63) is 76.6 Å². The van der Waals surface area contributed by atoms with Crippen molar-refractivity contribution in [3.63, 3.8) is 0 Å². The van der Waals surface area contributed by atoms with E-state index >= 15 is 0 Å². The minimum Gasteiger partial charge on any atom is -0.479 e. The van der Waals surface area contributed by atoms with E-state index in [9.17, 15) is 24.6 Å². The van der Waals surface area contributed by atoms with Crippen LogP contribution in [0.2, 0.25) is 5.02 Å². The maximum absolute atomic E-state index is 12.5. The topological polar surface area (TPSA) is 156 Å². The van der Waals surface area contributed by atoms with Crippen molar-refractivity contribution < 1.29 is 29.7 Å². The molecule has 33 heavy (non-hydrogen) atoms. The number of halogens is 1. The molecule has 0 aliphatic carbocycles. The fourth-order valence-corrected chi connectivity index (χ4v) is 3.20. The van der Waals surface area contributed by atoms with Crippen LogP contribution >= 0.6 is 11.6 Å². The van der Waals surface area contributed by atoms with Gasteiger partial charge in [-0.1, -0.05) is 48.0 Å². The highest BCUT2D eigenvalue weighted by molar-refractivity contribution is 6.30. The van der Waals surface area contributed by atoms with Crippen LogP contribution in [-0.4, -0.2) is 60.5 Å². The number of benzene rings is 2. The second-order valence-electron chi connectivity index (χ2n) is 7.56. The molecule has 1 heterocycles. The number of aromatic carboxylic acids is 1. The molecule has 0 aliphatic rings. The van der Waals surface area contributed by atoms with Crippen molar-refractivity contribution in [1.82, 2.24) is 20.6 Å². The van der Waals surface area contributed by atoms with Crippen molar-refractivity contribution in [3.8, 4) is 11.1 Å². The zero-order valence-electron chi connectivity index (χ0n) is 17.4. The first-order valence-electron chi connectivity index (χ1n) is 9.70. The SMILES string of the molecule is CC(O)(CN(Cc1ccc(-c2cccc(Cl)c2)cc1)NC(=O)c1cc(C(=O)O)[nH]n1)C(=O)O. The van der Waals surface area contributed by atoms with Crippen LogP contribution in [0.15, 0.2) is 54.6 Å². The third-order valence-electron chi connectivity index (χ3n) is 4.75. The van der Waals surface area contributed by atoms with Gasteiger partial charge < -0.3 is 15.3 Å². The Bertz CT molecular complexity index is 1180. The first-order chi connectivity index (χ1) is 15.5. The molecule has 10 nitrogen and oxygen atoms in total. The number of aliphatic carboxylic acids is 1. The number of rotatable bonds is 9. The summed E-state index contributed by atoms with van der Waals surface area (Å²) in [6, 6.07) is 15.7. The highest BCUT2D eigenvalue weighted by atomic mass is 35.5. The predicted molar refractivity (Wildman–Crippen MR) is 119 cm³/mol. The number of hydrogen-bond donors (Lipinski definition) is 5. The smallest absolute Gasteiger partial charge is 0.353 e. The number of carboxylic acids is 2. The van der Waals surface area contributed by atoms with E-state index in [1.807, 2.05) is 30.3 Å². The molecular weight excluding hydrogens is 452 g/mol. The molecule has 0 bridgehead atoms. The number of carbonyl (C=O) groups excluding carboxylic acids is 1. The first kappa shape index (κ1) is 23.9. The molecule has 1 atom stereocenters. The van der Waals surface area contributed by atoms with Gasteiger partial charge in [0.05, 0.1) is 6.54 Å². The molecule has 3 aromatic rings. The molecule has 0 saturated carbocycles. The second-order valence-corrected chi connectivity index (χ2v) is 7.99. The number of hydrazine groups is 1. The number of hydrogen-bond acceptors (Lipinski definition) is 6. The summed E-state index contributed by atoms with van der Waals surface area (Å²) in [5.74, 6) is -3.52. The molecule has 11 heteroatoms. The molecule has 0 fully saturated rings. The van der Waals surface area contributed by atoms with Gasteiger partial charge in [-0.25, -0.2) is 14.6 Å². The number of carbonyl (C=O) groups is 3. The van der Waals surface area contributed by atoms with E-state index < -0.39 is 30.0 Å². The summed E-state index contributed by atoms with van der Waals surface area (Å²) in [7, 11) is 0. The number of carboxylic acid groups (broad SMARTS) is 2. The Morgan fingerprint density at radius 2 is 1.79 bits per heavy atom. The lowest BCUT2D eigenvalue weighted by atomic mass is 10.0. The normalized spacial score (nSPS) is 12.8. The van der Waals surface area contributed by atoms with E-state index in [2.05, 4.69) is 15.6 Å². The van der Waals surface area contributed by atoms with Crippen LogP contribution in [-0.2, 0) is 11.3 Å². The molecule has 0 saturated heterocycles. The van der Waals surface area contributed by atoms with Crippen molar-refractivity contribution >= 4 is 29.4 Å². The van der Waals surface area contributed by atoms with Crippen molar-refractivity contribution in [2.45, 2.75) is 19.1 Å². The zero-order valence-corrected chi connectivity index (χ0v) is 18.2. The minimum absolute atomic E-state index is 0.0568. The van der Waals surface area contributed by atoms with Crippen LogP contribution in [0.25, 0.3) is 11.1 Å². The Morgan fingerprint density at radius 1 is 1.09 bits per heavy atom. The van der Waals surface area contributed by atoms with Gasteiger partial charge in [-0.15, -0.1) is 0 Å². The number of nitrogens with one attached hydrogen (secondary N) is 2. The van der Waals surface area contributed by atoms with Crippen LogP contribution < -0.4 is 5.43 Å². The van der Waals surface area contributed by atoms with Crippen LogP contribution in [0.1, 0.15) is 33.5 Å². The second kappa shape index (κ2) is 9.82. The van der Waals surface area contributed by atoms with E-state index in [-0.39, 0.29) is 17.9 Å². The molecular formula is C22H21ClN4O6. The van der Waals surface area contributed by atoms with Gasteiger partial charge in [0.25, 0.3) is 5.91 Å². The summed E-state index contributed by atoms with van der Waals surface area (Å²) in [5, 5.41) is 36.2. The van der Waals surface area contributed by atoms with Crippen LogP contribution in [0.3, 0.4) is 0 Å². The lowest BCUT2D eigenvalue weighted by molar-refractivity contribution is -0.159. The number of H-pyrrole nitrogens is 1. The van der Waals surface area contributed by atoms with Gasteiger partial charge in [0, 0.05) is 17.6 Å². The highest BCUT2D eigenvalue weighted by Gasteiger charge is 2.33. The molecule has 3 rings (SSSR count). The van der Waals surface area contributed by atoms with E-state index in [1.165, 1.54) is 5.01 Å². The van der Waals surface area contributed by atoms with Crippen molar-refractivity contribution in [2.75, 3.05) is 6.54 Å². The van der Waals surface area contributed by atoms with E-state index in [1.54, 1.807) is 18.2 Å². The summed E-state index contributed by atoms with van der Waals surface area (Å²) < 4.78 is 0. The maximum Gasteiger partial charge on any atom is 0.353 e. The lowest BCUT2D eigenvalue weighted by Crippen LogP contribution is -2.52. The quantitative estimate of drug-likeness (QED) is 0.297. The number of nitrogens with zero attached hydrogens (tertiary/aromatic N) is 2. The highest BCUT2D eigenvalue weighted by Crippen LogP contribution is 2.23. The van der Waals surface area contributed by atoms with Gasteiger partial charge in [-0.2, -0.15) is 5.10 Å². The van der Waals surface area contributed by atoms with E-state index in [4.69, 9.17) is 16.7 Å². The third-order valence-corrected chi connectivity index (χ3v) is 4.98. The maximum atomic E-state index is 12.5. The molecule has 2 aromatic carbocycles. The number of amides is 1. The van der Waals surface area contributed by atoms with Crippen LogP contribution in [0.5, 0.6) is 0 Å². The molecule has 0 radical (unpaired) electrons. The Labute approximate surface area is 193 Å². The molecule has 1 unspecified atom stereocenters. The first-order valence-corrected chi connectivity index (χ1v) is 10.1. The molecule has 1 amide bonds. The molecule has 1 aromatic heterocycles. The van der Waals surface area contributed by atoms with Gasteiger partial charge in [-0.05, 0) is 35.7 Å². The van der Waals surface area contributed by atoms with E-state index in [0.29, 0.717) is 5.02 Å². The fraction of sp³-hybridized carbons (Fsp3) is 0.182. The summed E-state index contributed by atoms with van der Waals surface area (Å²) >= 11 is 6.04. The average Bonchev–Trinajstić information content (AvgIpc) is 3.25. The van der Waals surface area contributed by atoms with Gasteiger partial charge in [0.2, 0.25) is 0 Å². The van der Waals surface area contributed by atoms with Crippen LogP contribution in [0, 0.1) is 0 Å². The summed E-state index contributed by atoms with van der Waals surface area (Å²) in [6.45, 7) is 0.718. The predicted octanol–water partition coefficient (Wildman–Crippen LogP) is 2.41. The lowest BCUT2D eigenvalue weighted by Gasteiger charge is -2.29. The number of aliphatic hydroxyl groups is 1. The Kier molecular flexibility index (Phi) is 7.12. The molecule has 0 aliphatic heterocycles. The molecule has 172 valence electrons.